The Balaban J connectivity index is 2.80. The zero-order valence-corrected chi connectivity index (χ0v) is 11.9. The van der Waals surface area contributed by atoms with Crippen LogP contribution in [0.3, 0.4) is 0 Å². The van der Waals surface area contributed by atoms with Crippen LogP contribution < -0.4 is 11.1 Å². The van der Waals surface area contributed by atoms with E-state index in [4.69, 9.17) is 10.5 Å². The van der Waals surface area contributed by atoms with Gasteiger partial charge in [-0.1, -0.05) is 0 Å². The highest BCUT2D eigenvalue weighted by Gasteiger charge is 2.18. The Morgan fingerprint density at radius 3 is 2.68 bits per heavy atom. The van der Waals surface area contributed by atoms with Gasteiger partial charge in [-0.05, 0) is 39.0 Å². The summed E-state index contributed by atoms with van der Waals surface area (Å²) in [7, 11) is 1.35. The summed E-state index contributed by atoms with van der Waals surface area (Å²) in [5.41, 5.74) is 7.33. The first-order valence-electron chi connectivity index (χ1n) is 6.25. The van der Waals surface area contributed by atoms with Crippen molar-refractivity contribution in [1.29, 1.82) is 0 Å². The van der Waals surface area contributed by atoms with Crippen molar-refractivity contribution >= 4 is 17.3 Å². The molecule has 0 unspecified atom stereocenters. The van der Waals surface area contributed by atoms with E-state index in [1.165, 1.54) is 7.11 Å². The van der Waals surface area contributed by atoms with E-state index in [1.807, 2.05) is 20.8 Å². The van der Waals surface area contributed by atoms with Crippen molar-refractivity contribution in [1.82, 2.24) is 0 Å². The van der Waals surface area contributed by atoms with Crippen LogP contribution in [0.4, 0.5) is 11.4 Å². The van der Waals surface area contributed by atoms with E-state index in [2.05, 4.69) is 10.1 Å². The van der Waals surface area contributed by atoms with Crippen LogP contribution in [0.5, 0.6) is 0 Å². The number of rotatable bonds is 6. The van der Waals surface area contributed by atoms with Gasteiger partial charge in [0.05, 0.1) is 29.6 Å². The number of benzene rings is 1. The average molecular weight is 266 g/mol. The minimum Gasteiger partial charge on any atom is -0.465 e. The SMILES string of the molecule is CCOC(C)(C)CNc1cc(C(=O)OC)ccc1N. The maximum absolute atomic E-state index is 11.5. The number of hydrogen-bond acceptors (Lipinski definition) is 5. The molecule has 106 valence electrons. The highest BCUT2D eigenvalue weighted by atomic mass is 16.5. The zero-order valence-electron chi connectivity index (χ0n) is 11.9. The van der Waals surface area contributed by atoms with Gasteiger partial charge in [-0.15, -0.1) is 0 Å². The molecule has 0 aliphatic heterocycles. The van der Waals surface area contributed by atoms with E-state index < -0.39 is 0 Å². The maximum Gasteiger partial charge on any atom is 0.337 e. The minimum absolute atomic E-state index is 0.303. The molecule has 3 N–H and O–H groups in total. The number of carbonyl (C=O) groups is 1. The Morgan fingerprint density at radius 1 is 1.42 bits per heavy atom. The van der Waals surface area contributed by atoms with Gasteiger partial charge < -0.3 is 20.5 Å². The molecule has 0 amide bonds. The molecule has 0 saturated carbocycles. The molecule has 0 atom stereocenters. The normalized spacial score (nSPS) is 11.2. The first-order chi connectivity index (χ1) is 8.89. The quantitative estimate of drug-likeness (QED) is 0.610. The average Bonchev–Trinajstić information content (AvgIpc) is 2.37. The van der Waals surface area contributed by atoms with Crippen LogP contribution in [0.25, 0.3) is 0 Å². The lowest BCUT2D eigenvalue weighted by molar-refractivity contribution is 0.000709. The second-order valence-electron chi connectivity index (χ2n) is 4.84. The van der Waals surface area contributed by atoms with E-state index in [0.29, 0.717) is 30.1 Å². The Labute approximate surface area is 114 Å². The highest BCUT2D eigenvalue weighted by Crippen LogP contribution is 2.22. The minimum atomic E-state index is -0.382. The van der Waals surface area contributed by atoms with Crippen LogP contribution in [-0.2, 0) is 9.47 Å². The van der Waals surface area contributed by atoms with Gasteiger partial charge in [0.25, 0.3) is 0 Å². The van der Waals surface area contributed by atoms with Crippen LogP contribution in [0.15, 0.2) is 18.2 Å². The van der Waals surface area contributed by atoms with Crippen LogP contribution >= 0.6 is 0 Å². The molecule has 1 aromatic carbocycles. The maximum atomic E-state index is 11.5. The largest absolute Gasteiger partial charge is 0.465 e. The fraction of sp³-hybridized carbons (Fsp3) is 0.500. The molecule has 0 saturated heterocycles. The van der Waals surface area contributed by atoms with Crippen LogP contribution in [-0.4, -0.2) is 31.8 Å². The lowest BCUT2D eigenvalue weighted by atomic mass is 10.1. The molecule has 0 radical (unpaired) electrons. The molecule has 1 rings (SSSR count). The number of nitrogens with one attached hydrogen (secondary N) is 1. The van der Waals surface area contributed by atoms with Gasteiger partial charge in [0.2, 0.25) is 0 Å². The molecule has 0 spiro atoms. The van der Waals surface area contributed by atoms with E-state index in [1.54, 1.807) is 18.2 Å². The van der Waals surface area contributed by atoms with Crippen molar-refractivity contribution in [3.8, 4) is 0 Å². The molecule has 5 nitrogen and oxygen atoms in total. The standard InChI is InChI=1S/C14H22N2O3/c1-5-19-14(2,3)9-16-12-8-10(13(17)18-4)6-7-11(12)15/h6-8,16H,5,9,15H2,1-4H3. The third-order valence-electron chi connectivity index (χ3n) is 2.71. The number of nitrogen functional groups attached to an aromatic ring is 1. The third-order valence-corrected chi connectivity index (χ3v) is 2.71. The van der Waals surface area contributed by atoms with E-state index in [-0.39, 0.29) is 11.6 Å². The topological polar surface area (TPSA) is 73.6 Å². The number of carbonyl (C=O) groups excluding carboxylic acids is 1. The van der Waals surface area contributed by atoms with Crippen molar-refractivity contribution in [2.45, 2.75) is 26.4 Å². The number of nitrogens with two attached hydrogens (primary N) is 1. The van der Waals surface area contributed by atoms with Gasteiger partial charge in [0.1, 0.15) is 0 Å². The summed E-state index contributed by atoms with van der Waals surface area (Å²) in [6, 6.07) is 5.01. The Kier molecular flexibility index (Phi) is 5.18. The Morgan fingerprint density at radius 2 is 2.11 bits per heavy atom. The monoisotopic (exact) mass is 266 g/mol. The fourth-order valence-electron chi connectivity index (χ4n) is 1.70. The highest BCUT2D eigenvalue weighted by molar-refractivity contribution is 5.91. The van der Waals surface area contributed by atoms with E-state index >= 15 is 0 Å². The number of hydrogen-bond donors (Lipinski definition) is 2. The molecule has 0 aliphatic rings. The van der Waals surface area contributed by atoms with Crippen molar-refractivity contribution in [3.05, 3.63) is 23.8 Å². The summed E-state index contributed by atoms with van der Waals surface area (Å²) < 4.78 is 10.3. The molecule has 0 aliphatic carbocycles. The number of methoxy groups -OCH3 is 1. The molecule has 0 bridgehead atoms. The fourth-order valence-corrected chi connectivity index (χ4v) is 1.70. The van der Waals surface area contributed by atoms with Crippen LogP contribution in [0.1, 0.15) is 31.1 Å². The third kappa shape index (κ3) is 4.44. The second-order valence-corrected chi connectivity index (χ2v) is 4.84. The molecule has 19 heavy (non-hydrogen) atoms. The van der Waals surface area contributed by atoms with Gasteiger partial charge in [0, 0.05) is 13.2 Å². The number of anilines is 2. The molecule has 0 aromatic heterocycles. The van der Waals surface area contributed by atoms with Gasteiger partial charge in [-0.2, -0.15) is 0 Å². The predicted octanol–water partition coefficient (Wildman–Crippen LogP) is 2.28. The van der Waals surface area contributed by atoms with Gasteiger partial charge >= 0.3 is 5.97 Å². The molecule has 0 fully saturated rings. The van der Waals surface area contributed by atoms with Gasteiger partial charge in [-0.3, -0.25) is 0 Å². The van der Waals surface area contributed by atoms with Crippen LogP contribution in [0, 0.1) is 0 Å². The predicted molar refractivity (Wildman–Crippen MR) is 76.4 cm³/mol. The zero-order chi connectivity index (χ0) is 14.5. The van der Waals surface area contributed by atoms with Gasteiger partial charge in [-0.25, -0.2) is 4.79 Å². The second kappa shape index (κ2) is 6.43. The smallest absolute Gasteiger partial charge is 0.337 e. The molecule has 1 aromatic rings. The summed E-state index contributed by atoms with van der Waals surface area (Å²) in [6.07, 6.45) is 0. The summed E-state index contributed by atoms with van der Waals surface area (Å²) in [4.78, 5) is 11.5. The van der Waals surface area contributed by atoms with Crippen molar-refractivity contribution in [2.75, 3.05) is 31.3 Å². The van der Waals surface area contributed by atoms with Gasteiger partial charge in [0.15, 0.2) is 0 Å². The van der Waals surface area contributed by atoms with Crippen LogP contribution in [0.2, 0.25) is 0 Å². The molecule has 5 heteroatoms. The van der Waals surface area contributed by atoms with E-state index in [0.717, 1.165) is 0 Å². The molecular weight excluding hydrogens is 244 g/mol. The van der Waals surface area contributed by atoms with E-state index in [9.17, 15) is 4.79 Å². The first kappa shape index (κ1) is 15.3. The van der Waals surface area contributed by atoms with Crippen molar-refractivity contribution < 1.29 is 14.3 Å². The Hall–Kier alpha value is -1.75. The van der Waals surface area contributed by atoms with Crippen molar-refractivity contribution in [2.24, 2.45) is 0 Å². The summed E-state index contributed by atoms with van der Waals surface area (Å²) in [5.74, 6) is -0.382. The summed E-state index contributed by atoms with van der Waals surface area (Å²) >= 11 is 0. The lowest BCUT2D eigenvalue weighted by Crippen LogP contribution is -2.33. The summed E-state index contributed by atoms with van der Waals surface area (Å²) in [6.45, 7) is 7.17. The number of ether oxygens (including phenoxy) is 2. The summed E-state index contributed by atoms with van der Waals surface area (Å²) in [5, 5.41) is 3.20. The lowest BCUT2D eigenvalue weighted by Gasteiger charge is -2.26. The number of esters is 1. The Bertz CT molecular complexity index is 444. The first-order valence-corrected chi connectivity index (χ1v) is 6.25. The van der Waals surface area contributed by atoms with Crippen molar-refractivity contribution in [3.63, 3.8) is 0 Å². The molecular formula is C14H22N2O3. The molecule has 0 heterocycles.